The highest BCUT2D eigenvalue weighted by Crippen LogP contribution is 2.24. The number of guanidine groups is 1. The highest BCUT2D eigenvalue weighted by atomic mass is 16.5. The van der Waals surface area contributed by atoms with E-state index >= 15 is 0 Å². The van der Waals surface area contributed by atoms with Gasteiger partial charge in [0.2, 0.25) is 0 Å². The number of fused-ring (bicyclic) bond motifs is 1. The summed E-state index contributed by atoms with van der Waals surface area (Å²) in [5.74, 6) is 0.0805. The Morgan fingerprint density at radius 3 is 2.42 bits per heavy atom. The van der Waals surface area contributed by atoms with Crippen LogP contribution in [0.25, 0.3) is 10.8 Å². The van der Waals surface area contributed by atoms with Crippen LogP contribution in [0, 0.1) is 0 Å². The van der Waals surface area contributed by atoms with Crippen molar-refractivity contribution in [3.8, 4) is 5.75 Å². The summed E-state index contributed by atoms with van der Waals surface area (Å²) in [5.41, 5.74) is 11.1. The first-order valence-corrected chi connectivity index (χ1v) is 8.85. The van der Waals surface area contributed by atoms with Crippen LogP contribution in [-0.2, 0) is 0 Å². The zero-order chi connectivity index (χ0) is 19.3. The van der Waals surface area contributed by atoms with Gasteiger partial charge in [-0.3, -0.25) is 9.69 Å². The average molecular weight is 356 g/mol. The largest absolute Gasteiger partial charge is 0.492 e. The molecule has 1 amide bonds. The summed E-state index contributed by atoms with van der Waals surface area (Å²) in [6, 6.07) is 12.0. The van der Waals surface area contributed by atoms with Crippen molar-refractivity contribution < 1.29 is 9.53 Å². The summed E-state index contributed by atoms with van der Waals surface area (Å²) in [7, 11) is 0. The van der Waals surface area contributed by atoms with Crippen molar-refractivity contribution in [1.82, 2.24) is 4.90 Å². The zero-order valence-corrected chi connectivity index (χ0v) is 15.9. The fraction of sp³-hybridized carbons (Fsp3) is 0.400. The van der Waals surface area contributed by atoms with Gasteiger partial charge in [0.25, 0.3) is 5.91 Å². The zero-order valence-electron chi connectivity index (χ0n) is 15.9. The van der Waals surface area contributed by atoms with Crippen LogP contribution in [0.3, 0.4) is 0 Å². The third-order valence-electron chi connectivity index (χ3n) is 4.26. The summed E-state index contributed by atoms with van der Waals surface area (Å²) in [6.07, 6.45) is 0. The van der Waals surface area contributed by atoms with E-state index < -0.39 is 5.91 Å². The Morgan fingerprint density at radius 1 is 1.12 bits per heavy atom. The maximum absolute atomic E-state index is 12.1. The van der Waals surface area contributed by atoms with Gasteiger partial charge in [-0.2, -0.15) is 4.99 Å². The minimum absolute atomic E-state index is 0.244. The maximum atomic E-state index is 12.1. The molecule has 6 heteroatoms. The highest BCUT2D eigenvalue weighted by Gasteiger charge is 2.13. The lowest BCUT2D eigenvalue weighted by Crippen LogP contribution is -2.39. The van der Waals surface area contributed by atoms with Gasteiger partial charge in [0.05, 0.1) is 0 Å². The van der Waals surface area contributed by atoms with Crippen molar-refractivity contribution >= 4 is 22.6 Å². The molecule has 0 radical (unpaired) electrons. The van der Waals surface area contributed by atoms with E-state index in [1.165, 1.54) is 0 Å². The fourth-order valence-electron chi connectivity index (χ4n) is 3.10. The normalized spacial score (nSPS) is 11.3. The molecule has 0 aromatic heterocycles. The molecule has 0 spiro atoms. The number of hydrogen-bond acceptors (Lipinski definition) is 3. The molecule has 2 rings (SSSR count). The molecular weight excluding hydrogens is 328 g/mol. The van der Waals surface area contributed by atoms with Gasteiger partial charge in [-0.25, -0.2) is 0 Å². The standard InChI is InChI=1S/C20H28N4O2/c1-13(2)24(14(3)4)10-11-26-16-8-9-17-15(12-16)6-5-7-18(17)19(25)23-20(21)22/h5-9,12-14H,10-11H2,1-4H3,(H4,21,22,23,25). The number of ether oxygens (including phenoxy) is 1. The molecule has 0 bridgehead atoms. The van der Waals surface area contributed by atoms with Crippen LogP contribution in [0.1, 0.15) is 38.1 Å². The van der Waals surface area contributed by atoms with Crippen molar-refractivity contribution in [2.45, 2.75) is 39.8 Å². The van der Waals surface area contributed by atoms with Gasteiger partial charge in [0.15, 0.2) is 5.96 Å². The lowest BCUT2D eigenvalue weighted by molar-refractivity contribution is 0.100. The van der Waals surface area contributed by atoms with Gasteiger partial charge in [-0.1, -0.05) is 12.1 Å². The number of rotatable bonds is 7. The van der Waals surface area contributed by atoms with Crippen LogP contribution in [0.2, 0.25) is 0 Å². The van der Waals surface area contributed by atoms with Crippen molar-refractivity contribution in [2.24, 2.45) is 16.5 Å². The number of carbonyl (C=O) groups is 1. The van der Waals surface area contributed by atoms with Gasteiger partial charge < -0.3 is 16.2 Å². The molecule has 0 fully saturated rings. The average Bonchev–Trinajstić information content (AvgIpc) is 2.56. The molecule has 4 N–H and O–H groups in total. The molecule has 140 valence electrons. The number of nitrogens with zero attached hydrogens (tertiary/aromatic N) is 2. The third kappa shape index (κ3) is 4.95. The minimum atomic E-state index is -0.450. The second kappa shape index (κ2) is 8.67. The van der Waals surface area contributed by atoms with E-state index in [0.717, 1.165) is 23.1 Å². The molecule has 26 heavy (non-hydrogen) atoms. The minimum Gasteiger partial charge on any atom is -0.492 e. The number of carbonyl (C=O) groups excluding carboxylic acids is 1. The van der Waals surface area contributed by atoms with Crippen LogP contribution in [0.5, 0.6) is 5.75 Å². The smallest absolute Gasteiger partial charge is 0.280 e. The summed E-state index contributed by atoms with van der Waals surface area (Å²) in [6.45, 7) is 10.2. The fourth-order valence-corrected chi connectivity index (χ4v) is 3.10. The molecule has 2 aromatic rings. The monoisotopic (exact) mass is 356 g/mol. The Hall–Kier alpha value is -2.60. The molecular formula is C20H28N4O2. The Bertz CT molecular complexity index is 787. The first-order chi connectivity index (χ1) is 12.3. The second-order valence-electron chi connectivity index (χ2n) is 6.80. The number of aliphatic imine (C=N–C) groups is 1. The van der Waals surface area contributed by atoms with E-state index in [9.17, 15) is 4.79 Å². The Morgan fingerprint density at radius 2 is 1.81 bits per heavy atom. The van der Waals surface area contributed by atoms with Crippen molar-refractivity contribution in [3.05, 3.63) is 42.0 Å². The van der Waals surface area contributed by atoms with Crippen molar-refractivity contribution in [2.75, 3.05) is 13.2 Å². The molecule has 0 aliphatic rings. The van der Waals surface area contributed by atoms with Gasteiger partial charge in [0.1, 0.15) is 12.4 Å². The molecule has 0 aliphatic heterocycles. The molecule has 0 heterocycles. The van der Waals surface area contributed by atoms with Crippen LogP contribution < -0.4 is 16.2 Å². The molecule has 6 nitrogen and oxygen atoms in total. The topological polar surface area (TPSA) is 93.9 Å². The second-order valence-corrected chi connectivity index (χ2v) is 6.80. The highest BCUT2D eigenvalue weighted by molar-refractivity contribution is 6.10. The van der Waals surface area contributed by atoms with E-state index in [-0.39, 0.29) is 5.96 Å². The molecule has 0 aliphatic carbocycles. The van der Waals surface area contributed by atoms with Crippen molar-refractivity contribution in [3.63, 3.8) is 0 Å². The number of nitrogens with two attached hydrogens (primary N) is 2. The summed E-state index contributed by atoms with van der Waals surface area (Å²) >= 11 is 0. The summed E-state index contributed by atoms with van der Waals surface area (Å²) < 4.78 is 5.92. The van der Waals surface area contributed by atoms with E-state index in [0.29, 0.717) is 24.3 Å². The number of hydrogen-bond donors (Lipinski definition) is 2. The predicted octanol–water partition coefficient (Wildman–Crippen LogP) is 2.75. The van der Waals surface area contributed by atoms with Crippen molar-refractivity contribution in [1.29, 1.82) is 0 Å². The van der Waals surface area contributed by atoms with E-state index in [1.807, 2.05) is 24.3 Å². The lowest BCUT2D eigenvalue weighted by atomic mass is 10.0. The molecule has 0 unspecified atom stereocenters. The first-order valence-electron chi connectivity index (χ1n) is 8.85. The van der Waals surface area contributed by atoms with Gasteiger partial charge in [-0.05, 0) is 62.7 Å². The summed E-state index contributed by atoms with van der Waals surface area (Å²) in [4.78, 5) is 18.1. The Labute approximate surface area is 154 Å². The van der Waals surface area contributed by atoms with Gasteiger partial charge in [0, 0.05) is 24.2 Å². The van der Waals surface area contributed by atoms with Gasteiger partial charge in [-0.15, -0.1) is 0 Å². The first kappa shape index (κ1) is 19.7. The molecule has 0 atom stereocenters. The predicted molar refractivity (Wildman–Crippen MR) is 107 cm³/mol. The van der Waals surface area contributed by atoms with E-state index in [1.54, 1.807) is 12.1 Å². The lowest BCUT2D eigenvalue weighted by Gasteiger charge is -2.30. The van der Waals surface area contributed by atoms with E-state index in [4.69, 9.17) is 16.2 Å². The Balaban J connectivity index is 2.15. The third-order valence-corrected chi connectivity index (χ3v) is 4.26. The van der Waals surface area contributed by atoms with Crippen LogP contribution >= 0.6 is 0 Å². The summed E-state index contributed by atoms with van der Waals surface area (Å²) in [5, 5.41) is 1.70. The molecule has 2 aromatic carbocycles. The van der Waals surface area contributed by atoms with E-state index in [2.05, 4.69) is 37.6 Å². The van der Waals surface area contributed by atoms with Crippen LogP contribution in [0.15, 0.2) is 41.4 Å². The maximum Gasteiger partial charge on any atom is 0.280 e. The van der Waals surface area contributed by atoms with Gasteiger partial charge >= 0.3 is 0 Å². The van der Waals surface area contributed by atoms with Crippen LogP contribution in [-0.4, -0.2) is 42.0 Å². The number of amides is 1. The quantitative estimate of drug-likeness (QED) is 0.588. The SMILES string of the molecule is CC(C)N(CCOc1ccc2c(C(=O)N=C(N)N)cccc2c1)C(C)C. The van der Waals surface area contributed by atoms with Crippen LogP contribution in [0.4, 0.5) is 0 Å². The molecule has 0 saturated heterocycles. The Kier molecular flexibility index (Phi) is 6.58. The molecule has 0 saturated carbocycles. The number of benzene rings is 2.